The molecule has 0 fully saturated rings. The molecule has 8 heteroatoms. The molecule has 0 aliphatic rings. The van der Waals surface area contributed by atoms with E-state index < -0.39 is 0 Å². The SMILES string of the molecule is CCOc1ccccc1NC(=O)CSc1nnc(-c2cc(-c3ccccc3)nc3ccccc23)n1C. The van der Waals surface area contributed by atoms with Gasteiger partial charge in [-0.15, -0.1) is 10.2 Å². The second-order valence-electron chi connectivity index (χ2n) is 8.07. The van der Waals surface area contributed by atoms with E-state index in [0.29, 0.717) is 23.2 Å². The summed E-state index contributed by atoms with van der Waals surface area (Å²) in [5.41, 5.74) is 4.38. The number of amides is 1. The molecule has 0 spiro atoms. The Morgan fingerprint density at radius 3 is 2.56 bits per heavy atom. The van der Waals surface area contributed by atoms with Crippen molar-refractivity contribution in [3.63, 3.8) is 0 Å². The second kappa shape index (κ2) is 10.6. The number of anilines is 1. The quantitative estimate of drug-likeness (QED) is 0.273. The lowest BCUT2D eigenvalue weighted by molar-refractivity contribution is -0.113. The highest BCUT2D eigenvalue weighted by atomic mass is 32.2. The zero-order valence-electron chi connectivity index (χ0n) is 20.0. The van der Waals surface area contributed by atoms with Gasteiger partial charge in [0.1, 0.15) is 5.75 Å². The van der Waals surface area contributed by atoms with Gasteiger partial charge in [0, 0.05) is 23.6 Å². The first kappa shape index (κ1) is 23.6. The molecule has 1 amide bonds. The maximum atomic E-state index is 12.7. The lowest BCUT2D eigenvalue weighted by Crippen LogP contribution is -2.15. The minimum Gasteiger partial charge on any atom is -0.492 e. The van der Waals surface area contributed by atoms with Crippen molar-refractivity contribution in [1.29, 1.82) is 0 Å². The van der Waals surface area contributed by atoms with Crippen molar-refractivity contribution in [1.82, 2.24) is 19.7 Å². The zero-order chi connectivity index (χ0) is 24.9. The Bertz CT molecular complexity index is 1520. The number of benzene rings is 3. The van der Waals surface area contributed by atoms with Crippen LogP contribution in [0.1, 0.15) is 6.92 Å². The number of carbonyl (C=O) groups is 1. The second-order valence-corrected chi connectivity index (χ2v) is 9.01. The van der Waals surface area contributed by atoms with Crippen molar-refractivity contribution < 1.29 is 9.53 Å². The summed E-state index contributed by atoms with van der Waals surface area (Å²) >= 11 is 1.34. The van der Waals surface area contributed by atoms with Gasteiger partial charge in [-0.05, 0) is 31.2 Å². The van der Waals surface area contributed by atoms with Crippen LogP contribution in [0, 0.1) is 0 Å². The minimum atomic E-state index is -0.141. The topological polar surface area (TPSA) is 81.9 Å². The summed E-state index contributed by atoms with van der Waals surface area (Å²) in [6, 6.07) is 27.5. The number of carbonyl (C=O) groups excluding carboxylic acids is 1. The predicted octanol–water partition coefficient (Wildman–Crippen LogP) is 5.83. The molecule has 0 saturated heterocycles. The Labute approximate surface area is 213 Å². The van der Waals surface area contributed by atoms with Crippen LogP contribution in [0.15, 0.2) is 90.1 Å². The van der Waals surface area contributed by atoms with Crippen LogP contribution < -0.4 is 10.1 Å². The molecule has 0 unspecified atom stereocenters. The van der Waals surface area contributed by atoms with Gasteiger partial charge in [0.15, 0.2) is 11.0 Å². The van der Waals surface area contributed by atoms with Crippen molar-refractivity contribution in [3.8, 4) is 28.4 Å². The Morgan fingerprint density at radius 2 is 1.72 bits per heavy atom. The molecule has 0 bridgehead atoms. The molecule has 0 saturated carbocycles. The van der Waals surface area contributed by atoms with Gasteiger partial charge in [-0.3, -0.25) is 4.79 Å². The third-order valence-electron chi connectivity index (χ3n) is 5.65. The highest BCUT2D eigenvalue weighted by Gasteiger charge is 2.17. The Morgan fingerprint density at radius 1 is 0.972 bits per heavy atom. The van der Waals surface area contributed by atoms with E-state index in [2.05, 4.69) is 15.5 Å². The van der Waals surface area contributed by atoms with E-state index in [9.17, 15) is 4.79 Å². The number of fused-ring (bicyclic) bond motifs is 1. The standard InChI is InChI=1S/C28H25N5O2S/c1-3-35-25-16-10-9-15-23(25)30-26(34)18-36-28-32-31-27(33(28)2)21-17-24(19-11-5-4-6-12-19)29-22-14-8-7-13-20(21)22/h4-17H,3,18H2,1-2H3,(H,30,34). The van der Waals surface area contributed by atoms with E-state index in [-0.39, 0.29) is 11.7 Å². The van der Waals surface area contributed by atoms with Crippen LogP contribution in [-0.4, -0.2) is 38.0 Å². The number of ether oxygens (including phenoxy) is 1. The molecule has 5 aromatic rings. The number of nitrogens with one attached hydrogen (secondary N) is 1. The fourth-order valence-electron chi connectivity index (χ4n) is 3.96. The molecule has 2 aromatic heterocycles. The van der Waals surface area contributed by atoms with Crippen LogP contribution in [-0.2, 0) is 11.8 Å². The average molecular weight is 496 g/mol. The van der Waals surface area contributed by atoms with Gasteiger partial charge >= 0.3 is 0 Å². The molecule has 36 heavy (non-hydrogen) atoms. The van der Waals surface area contributed by atoms with Crippen molar-refractivity contribution in [3.05, 3.63) is 84.9 Å². The van der Waals surface area contributed by atoms with Crippen LogP contribution >= 0.6 is 11.8 Å². The molecule has 0 aliphatic carbocycles. The number of aromatic nitrogens is 4. The van der Waals surface area contributed by atoms with Crippen LogP contribution in [0.2, 0.25) is 0 Å². The zero-order valence-corrected chi connectivity index (χ0v) is 20.8. The summed E-state index contributed by atoms with van der Waals surface area (Å²) in [5, 5.41) is 13.4. The third kappa shape index (κ3) is 4.94. The van der Waals surface area contributed by atoms with E-state index in [0.717, 1.165) is 33.5 Å². The molecule has 0 radical (unpaired) electrons. The Balaban J connectivity index is 1.40. The normalized spacial score (nSPS) is 10.9. The smallest absolute Gasteiger partial charge is 0.234 e. The van der Waals surface area contributed by atoms with Crippen molar-refractivity contribution in [2.24, 2.45) is 7.05 Å². The van der Waals surface area contributed by atoms with Crippen molar-refractivity contribution in [2.75, 3.05) is 17.7 Å². The van der Waals surface area contributed by atoms with Gasteiger partial charge in [-0.1, -0.05) is 72.4 Å². The monoisotopic (exact) mass is 495 g/mol. The highest BCUT2D eigenvalue weighted by Crippen LogP contribution is 2.32. The van der Waals surface area contributed by atoms with Crippen LogP contribution in [0.4, 0.5) is 5.69 Å². The first-order valence-corrected chi connectivity index (χ1v) is 12.6. The van der Waals surface area contributed by atoms with Gasteiger partial charge in [0.05, 0.1) is 29.3 Å². The van der Waals surface area contributed by atoms with E-state index in [4.69, 9.17) is 9.72 Å². The van der Waals surface area contributed by atoms with Crippen LogP contribution in [0.25, 0.3) is 33.5 Å². The fourth-order valence-corrected chi connectivity index (χ4v) is 4.67. The summed E-state index contributed by atoms with van der Waals surface area (Å²) in [7, 11) is 1.91. The van der Waals surface area contributed by atoms with Crippen molar-refractivity contribution >= 4 is 34.3 Å². The Hall–Kier alpha value is -4.17. The molecule has 0 atom stereocenters. The molecular weight excluding hydrogens is 470 g/mol. The number of hydrogen-bond acceptors (Lipinski definition) is 6. The highest BCUT2D eigenvalue weighted by molar-refractivity contribution is 7.99. The number of rotatable bonds is 8. The maximum Gasteiger partial charge on any atom is 0.234 e. The molecule has 0 aliphatic heterocycles. The first-order chi connectivity index (χ1) is 17.6. The summed E-state index contributed by atoms with van der Waals surface area (Å²) in [6.07, 6.45) is 0. The molecule has 1 N–H and O–H groups in total. The molecule has 180 valence electrons. The van der Waals surface area contributed by atoms with Gasteiger partial charge in [-0.25, -0.2) is 4.98 Å². The first-order valence-electron chi connectivity index (χ1n) is 11.6. The van der Waals surface area contributed by atoms with E-state index in [1.54, 1.807) is 0 Å². The summed E-state index contributed by atoms with van der Waals surface area (Å²) in [5.74, 6) is 1.42. The molecule has 5 rings (SSSR count). The maximum absolute atomic E-state index is 12.7. The van der Waals surface area contributed by atoms with E-state index in [1.165, 1.54) is 11.8 Å². The van der Waals surface area contributed by atoms with Gasteiger partial charge in [0.25, 0.3) is 0 Å². The minimum absolute atomic E-state index is 0.141. The van der Waals surface area contributed by atoms with E-state index >= 15 is 0 Å². The number of thioether (sulfide) groups is 1. The fraction of sp³-hybridized carbons (Fsp3) is 0.143. The van der Waals surface area contributed by atoms with Gasteiger partial charge < -0.3 is 14.6 Å². The number of pyridine rings is 1. The molecule has 7 nitrogen and oxygen atoms in total. The summed E-state index contributed by atoms with van der Waals surface area (Å²) in [4.78, 5) is 17.5. The Kier molecular flexibility index (Phi) is 6.95. The third-order valence-corrected chi connectivity index (χ3v) is 6.68. The summed E-state index contributed by atoms with van der Waals surface area (Å²) < 4.78 is 7.51. The van der Waals surface area contributed by atoms with Gasteiger partial charge in [-0.2, -0.15) is 0 Å². The number of para-hydroxylation sites is 3. The van der Waals surface area contributed by atoms with Gasteiger partial charge in [0.2, 0.25) is 5.91 Å². The molecule has 3 aromatic carbocycles. The van der Waals surface area contributed by atoms with Crippen molar-refractivity contribution in [2.45, 2.75) is 12.1 Å². The molecule has 2 heterocycles. The van der Waals surface area contributed by atoms with Crippen LogP contribution in [0.3, 0.4) is 0 Å². The average Bonchev–Trinajstić information content (AvgIpc) is 3.28. The predicted molar refractivity (Wildman–Crippen MR) is 144 cm³/mol. The van der Waals surface area contributed by atoms with Crippen LogP contribution in [0.5, 0.6) is 5.75 Å². The van der Waals surface area contributed by atoms with E-state index in [1.807, 2.05) is 103 Å². The lowest BCUT2D eigenvalue weighted by Gasteiger charge is -2.11. The number of nitrogens with zero attached hydrogens (tertiary/aromatic N) is 4. The lowest BCUT2D eigenvalue weighted by atomic mass is 10.0. The summed E-state index contributed by atoms with van der Waals surface area (Å²) in [6.45, 7) is 2.44. The number of hydrogen-bond donors (Lipinski definition) is 1. The molecular formula is C28H25N5O2S. The largest absolute Gasteiger partial charge is 0.492 e.